The van der Waals surface area contributed by atoms with E-state index in [4.69, 9.17) is 0 Å². The molecule has 1 aliphatic rings. The van der Waals surface area contributed by atoms with Gasteiger partial charge in [-0.1, -0.05) is 25.3 Å². The lowest BCUT2D eigenvalue weighted by Gasteiger charge is -2.23. The molecule has 1 aliphatic carbocycles. The van der Waals surface area contributed by atoms with Gasteiger partial charge < -0.3 is 9.88 Å². The van der Waals surface area contributed by atoms with Crippen LogP contribution in [0.25, 0.3) is 0 Å². The lowest BCUT2D eigenvalue weighted by molar-refractivity contribution is 0.459. The lowest BCUT2D eigenvalue weighted by atomic mass is 9.96. The summed E-state index contributed by atoms with van der Waals surface area (Å²) >= 11 is 0. The van der Waals surface area contributed by atoms with Crippen LogP contribution in [-0.2, 0) is 13.0 Å². The Hall–Kier alpha value is -1.84. The van der Waals surface area contributed by atoms with E-state index in [1.807, 2.05) is 18.5 Å². The fourth-order valence-electron chi connectivity index (χ4n) is 3.06. The van der Waals surface area contributed by atoms with Crippen LogP contribution in [-0.4, -0.2) is 20.6 Å². The summed E-state index contributed by atoms with van der Waals surface area (Å²) in [5, 5.41) is 3.64. The molecular formula is C17H24N4. The molecule has 0 saturated heterocycles. The molecule has 0 aromatic carbocycles. The Labute approximate surface area is 126 Å². The van der Waals surface area contributed by atoms with Gasteiger partial charge in [-0.3, -0.25) is 4.98 Å². The molecule has 2 aromatic heterocycles. The van der Waals surface area contributed by atoms with Crippen molar-refractivity contribution in [1.29, 1.82) is 0 Å². The average molecular weight is 284 g/mol. The minimum atomic E-state index is 0.595. The van der Waals surface area contributed by atoms with Crippen LogP contribution >= 0.6 is 0 Å². The van der Waals surface area contributed by atoms with E-state index in [2.05, 4.69) is 39.0 Å². The van der Waals surface area contributed by atoms with E-state index in [1.165, 1.54) is 37.7 Å². The zero-order valence-corrected chi connectivity index (χ0v) is 12.8. The molecule has 4 nitrogen and oxygen atoms in total. The molecule has 0 amide bonds. The summed E-state index contributed by atoms with van der Waals surface area (Å²) in [6.45, 7) is 3.01. The normalized spacial score (nSPS) is 16.0. The van der Waals surface area contributed by atoms with Gasteiger partial charge in [0.1, 0.15) is 0 Å². The van der Waals surface area contributed by atoms with Crippen LogP contribution in [0.4, 0.5) is 5.95 Å². The van der Waals surface area contributed by atoms with E-state index >= 15 is 0 Å². The van der Waals surface area contributed by atoms with Crippen LogP contribution in [0.15, 0.2) is 30.7 Å². The molecule has 4 heteroatoms. The van der Waals surface area contributed by atoms with Gasteiger partial charge in [0.25, 0.3) is 0 Å². The third-order valence-electron chi connectivity index (χ3n) is 4.20. The maximum atomic E-state index is 4.65. The van der Waals surface area contributed by atoms with Crippen molar-refractivity contribution in [3.8, 4) is 0 Å². The Morgan fingerprint density at radius 1 is 1.29 bits per heavy atom. The van der Waals surface area contributed by atoms with Crippen LogP contribution < -0.4 is 5.32 Å². The number of hydrogen-bond acceptors (Lipinski definition) is 3. The van der Waals surface area contributed by atoms with E-state index in [0.29, 0.717) is 6.04 Å². The molecule has 0 radical (unpaired) electrons. The third kappa shape index (κ3) is 3.84. The average Bonchev–Trinajstić information content (AvgIpc) is 2.87. The summed E-state index contributed by atoms with van der Waals surface area (Å²) in [5.74, 6) is 1.03. The predicted octanol–water partition coefficient (Wildman–Crippen LogP) is 3.57. The van der Waals surface area contributed by atoms with E-state index in [9.17, 15) is 0 Å². The van der Waals surface area contributed by atoms with Crippen molar-refractivity contribution in [3.63, 3.8) is 0 Å². The number of nitrogens with one attached hydrogen (secondary N) is 1. The van der Waals surface area contributed by atoms with E-state index in [0.717, 1.165) is 24.6 Å². The van der Waals surface area contributed by atoms with Crippen molar-refractivity contribution in [2.45, 2.75) is 58.0 Å². The number of pyridine rings is 1. The first-order valence-corrected chi connectivity index (χ1v) is 8.00. The first kappa shape index (κ1) is 14.1. The molecule has 1 fully saturated rings. The van der Waals surface area contributed by atoms with Gasteiger partial charge in [0.15, 0.2) is 0 Å². The summed E-state index contributed by atoms with van der Waals surface area (Å²) in [4.78, 5) is 8.83. The highest BCUT2D eigenvalue weighted by molar-refractivity contribution is 5.30. The Bertz CT molecular complexity index is 555. The third-order valence-corrected chi connectivity index (χ3v) is 4.20. The minimum Gasteiger partial charge on any atom is -0.353 e. The molecule has 1 N–H and O–H groups in total. The molecule has 112 valence electrons. The molecule has 0 aliphatic heterocycles. The molecule has 1 saturated carbocycles. The molecule has 0 bridgehead atoms. The van der Waals surface area contributed by atoms with E-state index in [1.54, 1.807) is 0 Å². The topological polar surface area (TPSA) is 42.7 Å². The largest absolute Gasteiger partial charge is 0.353 e. The zero-order chi connectivity index (χ0) is 14.5. The summed E-state index contributed by atoms with van der Waals surface area (Å²) in [7, 11) is 0. The van der Waals surface area contributed by atoms with Gasteiger partial charge in [0.2, 0.25) is 5.95 Å². The van der Waals surface area contributed by atoms with Crippen LogP contribution in [0.5, 0.6) is 0 Å². The van der Waals surface area contributed by atoms with Gasteiger partial charge in [0.05, 0.1) is 5.69 Å². The number of anilines is 1. The highest BCUT2D eigenvalue weighted by Gasteiger charge is 2.15. The number of imidazole rings is 1. The highest BCUT2D eigenvalue weighted by Crippen LogP contribution is 2.21. The van der Waals surface area contributed by atoms with E-state index in [-0.39, 0.29) is 0 Å². The van der Waals surface area contributed by atoms with Crippen molar-refractivity contribution in [2.24, 2.45) is 0 Å². The Morgan fingerprint density at radius 3 is 2.90 bits per heavy atom. The van der Waals surface area contributed by atoms with Gasteiger partial charge in [-0.25, -0.2) is 4.98 Å². The second kappa shape index (κ2) is 6.74. The first-order valence-electron chi connectivity index (χ1n) is 8.00. The van der Waals surface area contributed by atoms with Gasteiger partial charge in [0, 0.05) is 31.2 Å². The van der Waals surface area contributed by atoms with Gasteiger partial charge in [-0.15, -0.1) is 0 Å². The van der Waals surface area contributed by atoms with Crippen LogP contribution in [0, 0.1) is 6.92 Å². The summed E-state index contributed by atoms with van der Waals surface area (Å²) in [5.41, 5.74) is 2.35. The highest BCUT2D eigenvalue weighted by atomic mass is 15.2. The van der Waals surface area contributed by atoms with Crippen LogP contribution in [0.2, 0.25) is 0 Å². The van der Waals surface area contributed by atoms with Crippen LogP contribution in [0.1, 0.15) is 43.4 Å². The minimum absolute atomic E-state index is 0.595. The smallest absolute Gasteiger partial charge is 0.203 e. The van der Waals surface area contributed by atoms with Gasteiger partial charge in [-0.2, -0.15) is 0 Å². The molecule has 3 rings (SSSR count). The summed E-state index contributed by atoms with van der Waals surface area (Å²) in [6.07, 6.45) is 13.5. The fourth-order valence-corrected chi connectivity index (χ4v) is 3.06. The van der Waals surface area contributed by atoms with Crippen molar-refractivity contribution >= 4 is 5.95 Å². The van der Waals surface area contributed by atoms with Crippen molar-refractivity contribution in [3.05, 3.63) is 42.0 Å². The maximum Gasteiger partial charge on any atom is 0.203 e. The Balaban J connectivity index is 1.64. The first-order chi connectivity index (χ1) is 10.3. The molecule has 2 heterocycles. The number of nitrogens with zero attached hydrogens (tertiary/aromatic N) is 3. The lowest BCUT2D eigenvalue weighted by Crippen LogP contribution is -2.24. The SMILES string of the molecule is Cc1cn(CCc2cccnc2)c(NC2CCCCC2)n1. The molecule has 21 heavy (non-hydrogen) atoms. The van der Waals surface area contributed by atoms with Gasteiger partial charge >= 0.3 is 0 Å². The van der Waals surface area contributed by atoms with Crippen molar-refractivity contribution in [2.75, 3.05) is 5.32 Å². The quantitative estimate of drug-likeness (QED) is 0.912. The molecule has 0 atom stereocenters. The molecule has 0 unspecified atom stereocenters. The fraction of sp³-hybridized carbons (Fsp3) is 0.529. The standard InChI is InChI=1S/C17H24N4/c1-14-13-21(11-9-15-6-5-10-18-12-15)17(19-14)20-16-7-3-2-4-8-16/h5-6,10,12-13,16H,2-4,7-9,11H2,1H3,(H,19,20). The Kier molecular flexibility index (Phi) is 4.53. The molecule has 2 aromatic rings. The maximum absolute atomic E-state index is 4.65. The van der Waals surface area contributed by atoms with Crippen LogP contribution in [0.3, 0.4) is 0 Å². The van der Waals surface area contributed by atoms with Crippen molar-refractivity contribution in [1.82, 2.24) is 14.5 Å². The molecular weight excluding hydrogens is 260 g/mol. The second-order valence-corrected chi connectivity index (χ2v) is 5.99. The molecule has 0 spiro atoms. The van der Waals surface area contributed by atoms with E-state index < -0.39 is 0 Å². The van der Waals surface area contributed by atoms with Crippen molar-refractivity contribution < 1.29 is 0 Å². The Morgan fingerprint density at radius 2 is 2.14 bits per heavy atom. The summed E-state index contributed by atoms with van der Waals surface area (Å²) in [6, 6.07) is 4.72. The zero-order valence-electron chi connectivity index (χ0n) is 12.8. The second-order valence-electron chi connectivity index (χ2n) is 5.99. The summed E-state index contributed by atoms with van der Waals surface area (Å²) < 4.78 is 2.25. The van der Waals surface area contributed by atoms with Gasteiger partial charge in [-0.05, 0) is 37.8 Å². The monoisotopic (exact) mass is 284 g/mol. The number of hydrogen-bond donors (Lipinski definition) is 1. The predicted molar refractivity (Wildman–Crippen MR) is 85.4 cm³/mol. The number of aromatic nitrogens is 3. The number of rotatable bonds is 5. The number of aryl methyl sites for hydroxylation is 3.